The van der Waals surface area contributed by atoms with Gasteiger partial charge in [-0.2, -0.15) is 0 Å². The van der Waals surface area contributed by atoms with E-state index in [1.807, 2.05) is 13.2 Å². The molecule has 28 heavy (non-hydrogen) atoms. The zero-order valence-corrected chi connectivity index (χ0v) is 17.3. The summed E-state index contributed by atoms with van der Waals surface area (Å²) in [5.41, 5.74) is 4.46. The Morgan fingerprint density at radius 2 is 2.18 bits per heavy atom. The van der Waals surface area contributed by atoms with Crippen LogP contribution in [-0.4, -0.2) is 24.3 Å². The first-order valence-corrected chi connectivity index (χ1v) is 10.4. The van der Waals surface area contributed by atoms with E-state index in [0.29, 0.717) is 13.0 Å². The Bertz CT molecular complexity index is 708. The highest BCUT2D eigenvalue weighted by Gasteiger charge is 2.14. The molecule has 2 rings (SSSR count). The first-order valence-electron chi connectivity index (χ1n) is 10.4. The number of aryl methyl sites for hydroxylation is 1. The molecule has 0 fully saturated rings. The number of hydrogen-bond donors (Lipinski definition) is 1. The third kappa shape index (κ3) is 7.51. The number of aliphatic hydroxyl groups excluding tert-OH is 1. The molecule has 0 aromatic carbocycles. The molecule has 4 heteroatoms. The van der Waals surface area contributed by atoms with Crippen molar-refractivity contribution in [3.63, 3.8) is 0 Å². The fourth-order valence-electron chi connectivity index (χ4n) is 3.44. The lowest BCUT2D eigenvalue weighted by Crippen LogP contribution is -2.11. The summed E-state index contributed by atoms with van der Waals surface area (Å²) in [4.78, 5) is 11.8. The molecule has 1 atom stereocenters. The number of aliphatic hydroxyl groups is 1. The van der Waals surface area contributed by atoms with E-state index >= 15 is 0 Å². The summed E-state index contributed by atoms with van der Waals surface area (Å²) in [5.74, 6) is 1.05. The number of hydrogen-bond acceptors (Lipinski definition) is 4. The van der Waals surface area contributed by atoms with Gasteiger partial charge in [0, 0.05) is 12.8 Å². The Balaban J connectivity index is 2.15. The van der Waals surface area contributed by atoms with Gasteiger partial charge in [-0.1, -0.05) is 31.2 Å². The van der Waals surface area contributed by atoms with Gasteiger partial charge in [0.25, 0.3) is 0 Å². The fraction of sp³-hybridized carbons (Fsp3) is 0.542. The maximum absolute atomic E-state index is 11.8. The molecule has 4 nitrogen and oxygen atoms in total. The van der Waals surface area contributed by atoms with E-state index in [9.17, 15) is 9.90 Å². The van der Waals surface area contributed by atoms with Crippen LogP contribution in [0.5, 0.6) is 0 Å². The molecular weight excluding hydrogens is 352 g/mol. The predicted molar refractivity (Wildman–Crippen MR) is 112 cm³/mol. The van der Waals surface area contributed by atoms with Crippen molar-refractivity contribution >= 4 is 5.97 Å². The van der Waals surface area contributed by atoms with Crippen LogP contribution in [0.1, 0.15) is 63.7 Å². The smallest absolute Gasteiger partial charge is 0.306 e. The minimum atomic E-state index is -0.142. The molecule has 1 aromatic heterocycles. The number of rotatable bonds is 6. The summed E-state index contributed by atoms with van der Waals surface area (Å²) < 4.78 is 11.2. The maximum atomic E-state index is 11.8. The first-order chi connectivity index (χ1) is 13.5. The molecule has 1 heterocycles. The van der Waals surface area contributed by atoms with Gasteiger partial charge in [0.2, 0.25) is 0 Å². The molecule has 0 aliphatic heterocycles. The largest absolute Gasteiger partial charge is 0.469 e. The number of carbonyl (C=O) groups excluding carboxylic acids is 1. The summed E-state index contributed by atoms with van der Waals surface area (Å²) >= 11 is 0. The van der Waals surface area contributed by atoms with Crippen LogP contribution in [0.3, 0.4) is 0 Å². The second-order valence-corrected chi connectivity index (χ2v) is 7.75. The van der Waals surface area contributed by atoms with E-state index < -0.39 is 0 Å². The summed E-state index contributed by atoms with van der Waals surface area (Å²) in [6, 6.07) is 2.13. The molecule has 0 saturated carbocycles. The molecule has 0 amide bonds. The highest BCUT2D eigenvalue weighted by molar-refractivity contribution is 5.69. The normalized spacial score (nSPS) is 22.3. The number of fused-ring (bicyclic) bond motifs is 2. The molecule has 0 spiro atoms. The molecule has 1 aliphatic carbocycles. The number of allylic oxidation sites excluding steroid dienone is 3. The van der Waals surface area contributed by atoms with Crippen molar-refractivity contribution in [3.8, 4) is 0 Å². The van der Waals surface area contributed by atoms with E-state index in [0.717, 1.165) is 61.9 Å². The first kappa shape index (κ1) is 22.2. The van der Waals surface area contributed by atoms with Gasteiger partial charge in [-0.15, -0.1) is 0 Å². The van der Waals surface area contributed by atoms with Gasteiger partial charge in [-0.3, -0.25) is 4.79 Å². The van der Waals surface area contributed by atoms with E-state index in [4.69, 9.17) is 9.15 Å². The SMILES string of the molecule is C=C(CO)[C@H]1C/C=C(\C)Cc2cc(co2)CC/C=C(\COC(=O)CCC)CC1. The van der Waals surface area contributed by atoms with Gasteiger partial charge in [0.05, 0.1) is 12.9 Å². The summed E-state index contributed by atoms with van der Waals surface area (Å²) in [6.07, 6.45) is 12.7. The van der Waals surface area contributed by atoms with Crippen molar-refractivity contribution < 1.29 is 19.1 Å². The lowest BCUT2D eigenvalue weighted by Gasteiger charge is -2.18. The molecule has 1 aliphatic rings. The minimum absolute atomic E-state index is 0.00360. The Morgan fingerprint density at radius 3 is 2.93 bits per heavy atom. The Labute approximate surface area is 169 Å². The highest BCUT2D eigenvalue weighted by Crippen LogP contribution is 2.25. The van der Waals surface area contributed by atoms with Crippen molar-refractivity contribution in [2.45, 2.75) is 65.2 Å². The van der Waals surface area contributed by atoms with Crippen LogP contribution >= 0.6 is 0 Å². The molecule has 1 N–H and O–H groups in total. The molecular formula is C24H34O4. The van der Waals surface area contributed by atoms with Crippen molar-refractivity contribution in [3.05, 3.63) is 59.1 Å². The van der Waals surface area contributed by atoms with Crippen LogP contribution in [0.4, 0.5) is 0 Å². The van der Waals surface area contributed by atoms with Crippen molar-refractivity contribution in [1.29, 1.82) is 0 Å². The van der Waals surface area contributed by atoms with Crippen molar-refractivity contribution in [2.24, 2.45) is 5.92 Å². The molecule has 0 unspecified atom stereocenters. The molecule has 0 radical (unpaired) electrons. The van der Waals surface area contributed by atoms with E-state index in [2.05, 4.69) is 31.7 Å². The minimum Gasteiger partial charge on any atom is -0.469 e. The van der Waals surface area contributed by atoms with Crippen LogP contribution < -0.4 is 0 Å². The number of esters is 1. The van der Waals surface area contributed by atoms with Gasteiger partial charge in [-0.05, 0) is 74.1 Å². The third-order valence-electron chi connectivity index (χ3n) is 5.25. The second kappa shape index (κ2) is 11.7. The summed E-state index contributed by atoms with van der Waals surface area (Å²) in [7, 11) is 0. The van der Waals surface area contributed by atoms with Crippen molar-refractivity contribution in [1.82, 2.24) is 0 Å². The molecule has 0 saturated heterocycles. The van der Waals surface area contributed by atoms with Gasteiger partial charge in [-0.25, -0.2) is 0 Å². The van der Waals surface area contributed by atoms with Crippen LogP contribution in [0, 0.1) is 5.92 Å². The van der Waals surface area contributed by atoms with E-state index in [1.165, 1.54) is 11.1 Å². The van der Waals surface area contributed by atoms with Crippen molar-refractivity contribution in [2.75, 3.05) is 13.2 Å². The molecule has 154 valence electrons. The predicted octanol–water partition coefficient (Wildman–Crippen LogP) is 5.32. The topological polar surface area (TPSA) is 59.7 Å². The maximum Gasteiger partial charge on any atom is 0.306 e. The van der Waals surface area contributed by atoms with Gasteiger partial charge in [0.15, 0.2) is 0 Å². The fourth-order valence-corrected chi connectivity index (χ4v) is 3.44. The quantitative estimate of drug-likeness (QED) is 0.531. The molecule has 1 aromatic rings. The lowest BCUT2D eigenvalue weighted by atomic mass is 9.89. The summed E-state index contributed by atoms with van der Waals surface area (Å²) in [5, 5.41) is 9.57. The van der Waals surface area contributed by atoms with Gasteiger partial charge in [0.1, 0.15) is 12.4 Å². The zero-order valence-electron chi connectivity index (χ0n) is 17.3. The van der Waals surface area contributed by atoms with Crippen LogP contribution in [-0.2, 0) is 22.4 Å². The number of ether oxygens (including phenoxy) is 1. The van der Waals surface area contributed by atoms with E-state index in [1.54, 1.807) is 0 Å². The molecule has 2 bridgehead atoms. The monoisotopic (exact) mass is 386 g/mol. The summed E-state index contributed by atoms with van der Waals surface area (Å²) in [6.45, 7) is 8.50. The average Bonchev–Trinajstić information content (AvgIpc) is 3.11. The Hall–Kier alpha value is -2.07. The average molecular weight is 387 g/mol. The van der Waals surface area contributed by atoms with Crippen LogP contribution in [0.15, 0.2) is 52.2 Å². The second-order valence-electron chi connectivity index (χ2n) is 7.75. The number of furan rings is 1. The van der Waals surface area contributed by atoms with Crippen LogP contribution in [0.25, 0.3) is 0 Å². The van der Waals surface area contributed by atoms with Crippen LogP contribution in [0.2, 0.25) is 0 Å². The Morgan fingerprint density at radius 1 is 1.36 bits per heavy atom. The highest BCUT2D eigenvalue weighted by atomic mass is 16.5. The third-order valence-corrected chi connectivity index (χ3v) is 5.25. The van der Waals surface area contributed by atoms with Gasteiger partial charge >= 0.3 is 5.97 Å². The van der Waals surface area contributed by atoms with E-state index in [-0.39, 0.29) is 18.5 Å². The standard InChI is InChI=1S/C24H34O4/c1-4-6-24(26)28-16-20-7-5-8-21-14-23(27-17-21)13-18(2)9-11-22(12-10-20)19(3)15-25/h7,9,14,17,22,25H,3-6,8,10-13,15-16H2,1-2H3/b18-9+,20-7-/t22-/m0/s1. The van der Waals surface area contributed by atoms with Gasteiger partial charge < -0.3 is 14.3 Å². The Kier molecular flexibility index (Phi) is 9.29. The lowest BCUT2D eigenvalue weighted by molar-refractivity contribution is -0.142. The zero-order chi connectivity index (χ0) is 20.4. The number of carbonyl (C=O) groups is 1.